The molecule has 0 aliphatic carbocycles. The molecule has 0 radical (unpaired) electrons. The second kappa shape index (κ2) is 10.0. The number of halogens is 3. The molecule has 0 atom stereocenters. The molecule has 0 spiro atoms. The minimum atomic E-state index is -0.0466. The lowest BCUT2D eigenvalue weighted by Crippen LogP contribution is -2.27. The molecular weight excluding hydrogens is 389 g/mol. The summed E-state index contributed by atoms with van der Waals surface area (Å²) in [5.41, 5.74) is 2.37. The second-order valence-electron chi connectivity index (χ2n) is 4.69. The van der Waals surface area contributed by atoms with Gasteiger partial charge in [0, 0.05) is 22.1 Å². The number of benzene rings is 1. The van der Waals surface area contributed by atoms with Crippen molar-refractivity contribution in [2.75, 3.05) is 20.1 Å². The Hall–Kier alpha value is -0.880. The normalized spacial score (nSPS) is 9.77. The van der Waals surface area contributed by atoms with Gasteiger partial charge in [-0.1, -0.05) is 15.9 Å². The summed E-state index contributed by atoms with van der Waals surface area (Å²) in [5.74, 6) is -0.0466. The third-order valence-corrected chi connectivity index (χ3v) is 3.53. The monoisotopic (exact) mass is 407 g/mol. The Balaban J connectivity index is 0.00000220. The summed E-state index contributed by atoms with van der Waals surface area (Å²) in [7, 11) is 1.90. The first kappa shape index (κ1) is 21.1. The highest BCUT2D eigenvalue weighted by molar-refractivity contribution is 9.10. The molecule has 2 aromatic rings. The zero-order valence-corrected chi connectivity index (χ0v) is 15.7. The van der Waals surface area contributed by atoms with E-state index in [2.05, 4.69) is 31.5 Å². The van der Waals surface area contributed by atoms with Gasteiger partial charge < -0.3 is 10.6 Å². The van der Waals surface area contributed by atoms with Crippen LogP contribution in [0.3, 0.4) is 0 Å². The van der Waals surface area contributed by atoms with Crippen LogP contribution in [-0.2, 0) is 0 Å². The minimum Gasteiger partial charge on any atom is -0.352 e. The Kier molecular flexibility index (Phi) is 9.60. The number of carbonyl (C=O) groups excluding carboxylic acids is 1. The first-order valence-electron chi connectivity index (χ1n) is 6.61. The SMILES string of the molecule is CNCCCNC(=O)c1cc(C)nc2ccc(Br)cc12.Cl.Cl. The van der Waals surface area contributed by atoms with Crippen molar-refractivity contribution in [2.45, 2.75) is 13.3 Å². The van der Waals surface area contributed by atoms with Crippen LogP contribution in [0.1, 0.15) is 22.5 Å². The lowest BCUT2D eigenvalue weighted by molar-refractivity contribution is 0.0955. The summed E-state index contributed by atoms with van der Waals surface area (Å²) < 4.78 is 0.944. The highest BCUT2D eigenvalue weighted by Crippen LogP contribution is 2.22. The van der Waals surface area contributed by atoms with Crippen LogP contribution in [0.5, 0.6) is 0 Å². The number of hydrogen-bond acceptors (Lipinski definition) is 3. The van der Waals surface area contributed by atoms with Crippen LogP contribution in [0.2, 0.25) is 0 Å². The zero-order chi connectivity index (χ0) is 14.5. The summed E-state index contributed by atoms with van der Waals surface area (Å²) in [6.45, 7) is 3.46. The van der Waals surface area contributed by atoms with E-state index in [9.17, 15) is 4.79 Å². The molecule has 4 nitrogen and oxygen atoms in total. The van der Waals surface area contributed by atoms with Gasteiger partial charge in [-0.15, -0.1) is 24.8 Å². The summed E-state index contributed by atoms with van der Waals surface area (Å²) in [4.78, 5) is 16.8. The molecule has 1 heterocycles. The molecule has 2 N–H and O–H groups in total. The first-order valence-corrected chi connectivity index (χ1v) is 7.41. The standard InChI is InChI=1S/C15H18BrN3O.2ClH/c1-10-8-13(15(20)18-7-3-6-17-2)12-9-11(16)4-5-14(12)19-10;;/h4-5,8-9,17H,3,6-7H2,1-2H3,(H,18,20);2*1H. The van der Waals surface area contributed by atoms with E-state index in [0.717, 1.165) is 34.0 Å². The van der Waals surface area contributed by atoms with Crippen molar-refractivity contribution in [1.29, 1.82) is 0 Å². The Bertz CT molecular complexity index is 637. The van der Waals surface area contributed by atoms with Crippen LogP contribution in [0, 0.1) is 6.92 Å². The van der Waals surface area contributed by atoms with Gasteiger partial charge in [0.2, 0.25) is 0 Å². The first-order chi connectivity index (χ1) is 9.61. The van der Waals surface area contributed by atoms with Crippen molar-refractivity contribution in [3.8, 4) is 0 Å². The van der Waals surface area contributed by atoms with Crippen LogP contribution < -0.4 is 10.6 Å². The topological polar surface area (TPSA) is 54.0 Å². The van der Waals surface area contributed by atoms with Gasteiger partial charge in [-0.25, -0.2) is 0 Å². The van der Waals surface area contributed by atoms with Crippen molar-refractivity contribution >= 4 is 57.6 Å². The van der Waals surface area contributed by atoms with Gasteiger partial charge in [-0.3, -0.25) is 9.78 Å². The van der Waals surface area contributed by atoms with E-state index in [1.165, 1.54) is 0 Å². The van der Waals surface area contributed by atoms with Gasteiger partial charge in [0.25, 0.3) is 5.91 Å². The highest BCUT2D eigenvalue weighted by atomic mass is 79.9. The lowest BCUT2D eigenvalue weighted by Gasteiger charge is -2.09. The molecular formula is C15H20BrCl2N3O. The number of fused-ring (bicyclic) bond motifs is 1. The van der Waals surface area contributed by atoms with Gasteiger partial charge in [-0.05, 0) is 51.2 Å². The maximum absolute atomic E-state index is 12.3. The number of aromatic nitrogens is 1. The van der Waals surface area contributed by atoms with Crippen LogP contribution in [0.4, 0.5) is 0 Å². The van der Waals surface area contributed by atoms with E-state index in [0.29, 0.717) is 12.1 Å². The molecule has 0 unspecified atom stereocenters. The quantitative estimate of drug-likeness (QED) is 0.744. The van der Waals surface area contributed by atoms with E-state index >= 15 is 0 Å². The van der Waals surface area contributed by atoms with Crippen molar-refractivity contribution in [3.63, 3.8) is 0 Å². The van der Waals surface area contributed by atoms with Crippen LogP contribution in [-0.4, -0.2) is 31.0 Å². The molecule has 1 aromatic heterocycles. The number of rotatable bonds is 5. The lowest BCUT2D eigenvalue weighted by atomic mass is 10.1. The molecule has 0 saturated carbocycles. The number of aryl methyl sites for hydroxylation is 1. The third kappa shape index (κ3) is 5.39. The molecule has 1 amide bonds. The highest BCUT2D eigenvalue weighted by Gasteiger charge is 2.11. The van der Waals surface area contributed by atoms with Gasteiger partial charge in [0.05, 0.1) is 11.1 Å². The minimum absolute atomic E-state index is 0. The molecule has 0 bridgehead atoms. The van der Waals surface area contributed by atoms with Crippen LogP contribution in [0.15, 0.2) is 28.7 Å². The van der Waals surface area contributed by atoms with E-state index in [-0.39, 0.29) is 30.7 Å². The Labute approximate surface area is 151 Å². The number of amides is 1. The van der Waals surface area contributed by atoms with E-state index in [1.807, 2.05) is 38.2 Å². The average molecular weight is 409 g/mol. The van der Waals surface area contributed by atoms with Crippen molar-refractivity contribution in [1.82, 2.24) is 15.6 Å². The van der Waals surface area contributed by atoms with E-state index in [1.54, 1.807) is 0 Å². The summed E-state index contributed by atoms with van der Waals surface area (Å²) in [6.07, 6.45) is 0.911. The fraction of sp³-hybridized carbons (Fsp3) is 0.333. The fourth-order valence-corrected chi connectivity index (χ4v) is 2.44. The molecule has 7 heteroatoms. The van der Waals surface area contributed by atoms with Crippen molar-refractivity contribution in [3.05, 3.63) is 40.0 Å². The molecule has 22 heavy (non-hydrogen) atoms. The Morgan fingerprint density at radius 3 is 2.64 bits per heavy atom. The maximum atomic E-state index is 12.3. The van der Waals surface area contributed by atoms with E-state index < -0.39 is 0 Å². The fourth-order valence-electron chi connectivity index (χ4n) is 2.08. The Morgan fingerprint density at radius 1 is 1.23 bits per heavy atom. The van der Waals surface area contributed by atoms with Crippen LogP contribution in [0.25, 0.3) is 10.9 Å². The number of carbonyl (C=O) groups is 1. The van der Waals surface area contributed by atoms with Crippen molar-refractivity contribution in [2.24, 2.45) is 0 Å². The number of pyridine rings is 1. The van der Waals surface area contributed by atoms with Gasteiger partial charge in [0.15, 0.2) is 0 Å². The zero-order valence-electron chi connectivity index (χ0n) is 12.5. The summed E-state index contributed by atoms with van der Waals surface area (Å²) >= 11 is 3.44. The maximum Gasteiger partial charge on any atom is 0.252 e. The molecule has 2 rings (SSSR count). The number of hydrogen-bond donors (Lipinski definition) is 2. The molecule has 0 aliphatic rings. The van der Waals surface area contributed by atoms with Gasteiger partial charge in [0.1, 0.15) is 0 Å². The van der Waals surface area contributed by atoms with Crippen molar-refractivity contribution < 1.29 is 4.79 Å². The van der Waals surface area contributed by atoms with Crippen LogP contribution >= 0.6 is 40.7 Å². The van der Waals surface area contributed by atoms with Gasteiger partial charge in [-0.2, -0.15) is 0 Å². The van der Waals surface area contributed by atoms with E-state index in [4.69, 9.17) is 0 Å². The number of nitrogens with zero attached hydrogens (tertiary/aromatic N) is 1. The predicted molar refractivity (Wildman–Crippen MR) is 99.6 cm³/mol. The summed E-state index contributed by atoms with van der Waals surface area (Å²) in [6, 6.07) is 7.63. The molecule has 0 aliphatic heterocycles. The smallest absolute Gasteiger partial charge is 0.252 e. The largest absolute Gasteiger partial charge is 0.352 e. The van der Waals surface area contributed by atoms with Gasteiger partial charge >= 0.3 is 0 Å². The Morgan fingerprint density at radius 2 is 1.95 bits per heavy atom. The third-order valence-electron chi connectivity index (χ3n) is 3.03. The number of nitrogens with one attached hydrogen (secondary N) is 2. The molecule has 122 valence electrons. The average Bonchev–Trinajstić information content (AvgIpc) is 2.43. The molecule has 0 saturated heterocycles. The molecule has 1 aromatic carbocycles. The second-order valence-corrected chi connectivity index (χ2v) is 5.60. The molecule has 0 fully saturated rings. The predicted octanol–water partition coefficient (Wildman–Crippen LogP) is 3.49. The summed E-state index contributed by atoms with van der Waals surface area (Å²) in [5, 5.41) is 6.88.